The molecule has 0 aliphatic heterocycles. The van der Waals surface area contributed by atoms with Gasteiger partial charge in [-0.05, 0) is 5.92 Å². The van der Waals surface area contributed by atoms with Crippen molar-refractivity contribution in [3.63, 3.8) is 0 Å². The summed E-state index contributed by atoms with van der Waals surface area (Å²) in [5.74, 6) is -0.0799. The number of rotatable bonds is 6. The molecule has 0 saturated heterocycles. The quantitative estimate of drug-likeness (QED) is 0.470. The molecule has 76 valence electrons. The number of ketones is 1. The first-order valence-corrected chi connectivity index (χ1v) is 4.68. The zero-order valence-electron chi connectivity index (χ0n) is 8.63. The Morgan fingerprint density at radius 3 is 2.46 bits per heavy atom. The van der Waals surface area contributed by atoms with Gasteiger partial charge in [-0.25, -0.2) is 0 Å². The fourth-order valence-electron chi connectivity index (χ4n) is 1.29. The number of ether oxygens (including phenoxy) is 1. The summed E-state index contributed by atoms with van der Waals surface area (Å²) in [6, 6.07) is 0. The molecule has 13 heavy (non-hydrogen) atoms. The molecule has 0 bridgehead atoms. The number of Topliss-reactive ketones (excluding diaryl/α,β-unsaturated/α-hetero) is 1. The van der Waals surface area contributed by atoms with Gasteiger partial charge in [0.25, 0.3) is 0 Å². The fourth-order valence-corrected chi connectivity index (χ4v) is 1.29. The van der Waals surface area contributed by atoms with E-state index in [0.29, 0.717) is 12.3 Å². The molecule has 0 rings (SSSR count). The Labute approximate surface area is 79.5 Å². The smallest absolute Gasteiger partial charge is 0.313 e. The van der Waals surface area contributed by atoms with E-state index < -0.39 is 5.97 Å². The van der Waals surface area contributed by atoms with Crippen molar-refractivity contribution in [3.05, 3.63) is 0 Å². The first kappa shape index (κ1) is 12.1. The van der Waals surface area contributed by atoms with E-state index in [1.807, 2.05) is 6.92 Å². The predicted molar refractivity (Wildman–Crippen MR) is 50.3 cm³/mol. The standard InChI is InChI=1S/C10H18O3/c1-4-5-8(2)6-9(11)7-10(12)13-3/h8H,4-7H2,1-3H3/t8-/m1/s1. The average molecular weight is 186 g/mol. The van der Waals surface area contributed by atoms with Gasteiger partial charge in [-0.2, -0.15) is 0 Å². The minimum atomic E-state index is -0.436. The summed E-state index contributed by atoms with van der Waals surface area (Å²) in [6.07, 6.45) is 2.52. The molecule has 3 heteroatoms. The molecule has 0 amide bonds. The summed E-state index contributed by atoms with van der Waals surface area (Å²) in [7, 11) is 1.30. The van der Waals surface area contributed by atoms with Gasteiger partial charge in [0, 0.05) is 6.42 Å². The van der Waals surface area contributed by atoms with Gasteiger partial charge in [-0.15, -0.1) is 0 Å². The third kappa shape index (κ3) is 6.31. The lowest BCUT2D eigenvalue weighted by atomic mass is 9.98. The highest BCUT2D eigenvalue weighted by molar-refractivity contribution is 5.95. The molecule has 3 nitrogen and oxygen atoms in total. The fraction of sp³-hybridized carbons (Fsp3) is 0.800. The van der Waals surface area contributed by atoms with E-state index in [9.17, 15) is 9.59 Å². The summed E-state index contributed by atoms with van der Waals surface area (Å²) in [4.78, 5) is 21.9. The second-order valence-corrected chi connectivity index (χ2v) is 3.39. The van der Waals surface area contributed by atoms with Crippen LogP contribution in [0.4, 0.5) is 0 Å². The van der Waals surface area contributed by atoms with Crippen LogP contribution in [-0.2, 0) is 14.3 Å². The number of hydrogen-bond donors (Lipinski definition) is 0. The zero-order valence-corrected chi connectivity index (χ0v) is 8.63. The molecular weight excluding hydrogens is 168 g/mol. The number of carbonyl (C=O) groups excluding carboxylic acids is 2. The van der Waals surface area contributed by atoms with Gasteiger partial charge in [0.15, 0.2) is 0 Å². The summed E-state index contributed by atoms with van der Waals surface area (Å²) in [5.41, 5.74) is 0. The Kier molecular flexibility index (Phi) is 6.20. The van der Waals surface area contributed by atoms with Crippen LogP contribution in [0.1, 0.15) is 39.5 Å². The van der Waals surface area contributed by atoms with Crippen LogP contribution in [0.5, 0.6) is 0 Å². The van der Waals surface area contributed by atoms with Crippen LogP contribution in [0.2, 0.25) is 0 Å². The Hall–Kier alpha value is -0.860. The van der Waals surface area contributed by atoms with Crippen molar-refractivity contribution in [3.8, 4) is 0 Å². The van der Waals surface area contributed by atoms with Gasteiger partial charge in [-0.1, -0.05) is 26.7 Å². The molecule has 0 aliphatic carbocycles. The maximum absolute atomic E-state index is 11.2. The molecule has 0 heterocycles. The van der Waals surface area contributed by atoms with Gasteiger partial charge in [0.05, 0.1) is 7.11 Å². The van der Waals surface area contributed by atoms with E-state index >= 15 is 0 Å². The highest BCUT2D eigenvalue weighted by Crippen LogP contribution is 2.11. The predicted octanol–water partition coefficient (Wildman–Crippen LogP) is 1.94. The van der Waals surface area contributed by atoms with Gasteiger partial charge >= 0.3 is 5.97 Å². The summed E-state index contributed by atoms with van der Waals surface area (Å²) >= 11 is 0. The summed E-state index contributed by atoms with van der Waals surface area (Å²) < 4.78 is 4.40. The van der Waals surface area contributed by atoms with Crippen LogP contribution < -0.4 is 0 Å². The number of esters is 1. The Morgan fingerprint density at radius 1 is 1.38 bits per heavy atom. The Bertz CT molecular complexity index is 175. The van der Waals surface area contributed by atoms with E-state index in [-0.39, 0.29) is 12.2 Å². The van der Waals surface area contributed by atoms with Crippen molar-refractivity contribution in [2.45, 2.75) is 39.5 Å². The van der Waals surface area contributed by atoms with Crippen LogP contribution in [0.3, 0.4) is 0 Å². The molecule has 0 N–H and O–H groups in total. The Balaban J connectivity index is 3.67. The molecule has 0 aromatic carbocycles. The lowest BCUT2D eigenvalue weighted by Gasteiger charge is -2.07. The van der Waals surface area contributed by atoms with E-state index in [1.54, 1.807) is 0 Å². The normalized spacial score (nSPS) is 12.2. The van der Waals surface area contributed by atoms with Gasteiger partial charge in [0.2, 0.25) is 0 Å². The average Bonchev–Trinajstić information content (AvgIpc) is 2.04. The van der Waals surface area contributed by atoms with Crippen LogP contribution in [0, 0.1) is 5.92 Å². The van der Waals surface area contributed by atoms with Gasteiger partial charge in [0.1, 0.15) is 12.2 Å². The number of hydrogen-bond acceptors (Lipinski definition) is 3. The second kappa shape index (κ2) is 6.63. The minimum absolute atomic E-state index is 0.0206. The van der Waals surface area contributed by atoms with Crippen LogP contribution >= 0.6 is 0 Å². The van der Waals surface area contributed by atoms with Crippen molar-refractivity contribution in [1.29, 1.82) is 0 Å². The highest BCUT2D eigenvalue weighted by atomic mass is 16.5. The van der Waals surface area contributed by atoms with E-state index in [0.717, 1.165) is 12.8 Å². The van der Waals surface area contributed by atoms with E-state index in [2.05, 4.69) is 11.7 Å². The van der Waals surface area contributed by atoms with Crippen LogP contribution in [0.25, 0.3) is 0 Å². The molecule has 0 aromatic heterocycles. The topological polar surface area (TPSA) is 43.4 Å². The maximum atomic E-state index is 11.2. The first-order valence-electron chi connectivity index (χ1n) is 4.68. The number of carbonyl (C=O) groups is 2. The largest absolute Gasteiger partial charge is 0.469 e. The third-order valence-electron chi connectivity index (χ3n) is 1.93. The molecule has 0 saturated carbocycles. The van der Waals surface area contributed by atoms with Crippen molar-refractivity contribution in [1.82, 2.24) is 0 Å². The van der Waals surface area contributed by atoms with Gasteiger partial charge in [-0.3, -0.25) is 9.59 Å². The Morgan fingerprint density at radius 2 is 2.00 bits per heavy atom. The summed E-state index contributed by atoms with van der Waals surface area (Å²) in [6.45, 7) is 4.11. The second-order valence-electron chi connectivity index (χ2n) is 3.39. The lowest BCUT2D eigenvalue weighted by molar-refractivity contribution is -0.143. The summed E-state index contributed by atoms with van der Waals surface area (Å²) in [5, 5.41) is 0. The van der Waals surface area contributed by atoms with E-state index in [1.165, 1.54) is 7.11 Å². The molecule has 0 aromatic rings. The van der Waals surface area contributed by atoms with Gasteiger partial charge < -0.3 is 4.74 Å². The molecule has 0 radical (unpaired) electrons. The molecule has 0 aliphatic rings. The first-order chi connectivity index (χ1) is 6.10. The van der Waals surface area contributed by atoms with Crippen molar-refractivity contribution >= 4 is 11.8 Å². The molecule has 1 atom stereocenters. The van der Waals surface area contributed by atoms with Crippen molar-refractivity contribution in [2.75, 3.05) is 7.11 Å². The number of methoxy groups -OCH3 is 1. The third-order valence-corrected chi connectivity index (χ3v) is 1.93. The van der Waals surface area contributed by atoms with Crippen molar-refractivity contribution in [2.24, 2.45) is 5.92 Å². The van der Waals surface area contributed by atoms with Crippen LogP contribution in [-0.4, -0.2) is 18.9 Å². The lowest BCUT2D eigenvalue weighted by Crippen LogP contribution is -2.12. The molecule has 0 fully saturated rings. The maximum Gasteiger partial charge on any atom is 0.313 e. The molecule has 0 spiro atoms. The van der Waals surface area contributed by atoms with Crippen LogP contribution in [0.15, 0.2) is 0 Å². The minimum Gasteiger partial charge on any atom is -0.469 e. The van der Waals surface area contributed by atoms with E-state index in [4.69, 9.17) is 0 Å². The zero-order chi connectivity index (χ0) is 10.3. The molecule has 0 unspecified atom stereocenters. The van der Waals surface area contributed by atoms with Crippen molar-refractivity contribution < 1.29 is 14.3 Å². The highest BCUT2D eigenvalue weighted by Gasteiger charge is 2.12. The molecular formula is C10H18O3. The SMILES string of the molecule is CCC[C@@H](C)CC(=O)CC(=O)OC. The monoisotopic (exact) mass is 186 g/mol.